The summed E-state index contributed by atoms with van der Waals surface area (Å²) in [5, 5.41) is 8.30. The van der Waals surface area contributed by atoms with E-state index in [0.717, 1.165) is 32.5 Å². The lowest BCUT2D eigenvalue weighted by Crippen LogP contribution is -2.08. The molecule has 0 saturated heterocycles. The lowest BCUT2D eigenvalue weighted by molar-refractivity contribution is 0.389. The average molecular weight is 409 g/mol. The van der Waals surface area contributed by atoms with Gasteiger partial charge < -0.3 is 9.47 Å². The van der Waals surface area contributed by atoms with Gasteiger partial charge in [0.05, 0.1) is 32.7 Å². The van der Waals surface area contributed by atoms with Crippen molar-refractivity contribution in [1.82, 2.24) is 15.0 Å². The van der Waals surface area contributed by atoms with Crippen molar-refractivity contribution in [2.24, 2.45) is 0 Å². The molecule has 2 aromatic carbocycles. The highest BCUT2D eigenvalue weighted by atomic mass is 32.1. The van der Waals surface area contributed by atoms with Crippen LogP contribution in [0.5, 0.6) is 11.5 Å². The Balaban J connectivity index is 1.54. The molecular weight excluding hydrogens is 389 g/mol. The van der Waals surface area contributed by atoms with E-state index in [1.165, 1.54) is 6.07 Å². The molecule has 0 spiro atoms. The van der Waals surface area contributed by atoms with Gasteiger partial charge >= 0.3 is 0 Å². The zero-order valence-corrected chi connectivity index (χ0v) is 16.9. The molecule has 0 aliphatic rings. The van der Waals surface area contributed by atoms with E-state index >= 15 is 0 Å². The summed E-state index contributed by atoms with van der Waals surface area (Å²) in [4.78, 5) is 2.03. The number of ether oxygens (including phenoxy) is 2. The van der Waals surface area contributed by atoms with Crippen LogP contribution in [-0.2, 0) is 13.0 Å². The largest absolute Gasteiger partial charge is 0.497 e. The summed E-state index contributed by atoms with van der Waals surface area (Å²) in [6.07, 6.45) is 2.43. The summed E-state index contributed by atoms with van der Waals surface area (Å²) in [7, 11) is 3.26. The van der Waals surface area contributed by atoms with E-state index in [1.807, 2.05) is 41.1 Å². The quantitative estimate of drug-likeness (QED) is 0.440. The number of aromatic nitrogens is 3. The van der Waals surface area contributed by atoms with Gasteiger partial charge in [-0.3, -0.25) is 0 Å². The van der Waals surface area contributed by atoms with Crippen LogP contribution in [0.3, 0.4) is 0 Å². The Bertz CT molecular complexity index is 1120. The van der Waals surface area contributed by atoms with Crippen LogP contribution < -0.4 is 9.47 Å². The molecule has 0 fully saturated rings. The number of thiophene rings is 1. The molecule has 148 valence electrons. The first-order chi connectivity index (χ1) is 14.2. The van der Waals surface area contributed by atoms with Gasteiger partial charge in [-0.05, 0) is 30.3 Å². The molecule has 0 atom stereocenters. The number of hydrogen-bond acceptors (Lipinski definition) is 5. The van der Waals surface area contributed by atoms with Crippen molar-refractivity contribution >= 4 is 11.3 Å². The number of methoxy groups -OCH3 is 2. The fourth-order valence-corrected chi connectivity index (χ4v) is 4.20. The van der Waals surface area contributed by atoms with Crippen LogP contribution in [0, 0.1) is 5.82 Å². The van der Waals surface area contributed by atoms with Gasteiger partial charge in [0.2, 0.25) is 0 Å². The Morgan fingerprint density at radius 1 is 1.03 bits per heavy atom. The van der Waals surface area contributed by atoms with Gasteiger partial charge in [-0.1, -0.05) is 23.4 Å². The van der Waals surface area contributed by atoms with Gasteiger partial charge in [0.1, 0.15) is 17.3 Å². The molecule has 0 unspecified atom stereocenters. The molecule has 4 aromatic rings. The fraction of sp³-hybridized carbons (Fsp3) is 0.182. The Morgan fingerprint density at radius 2 is 1.90 bits per heavy atom. The highest BCUT2D eigenvalue weighted by molar-refractivity contribution is 7.15. The van der Waals surface area contributed by atoms with Gasteiger partial charge in [0, 0.05) is 33.4 Å². The van der Waals surface area contributed by atoms with Gasteiger partial charge in [-0.15, -0.1) is 16.4 Å². The zero-order valence-electron chi connectivity index (χ0n) is 16.1. The second-order valence-electron chi connectivity index (χ2n) is 6.48. The number of nitrogens with zero attached hydrogens (tertiary/aromatic N) is 3. The molecule has 0 N–H and O–H groups in total. The molecule has 2 heterocycles. The van der Waals surface area contributed by atoms with E-state index < -0.39 is 0 Å². The van der Waals surface area contributed by atoms with Crippen molar-refractivity contribution < 1.29 is 13.9 Å². The van der Waals surface area contributed by atoms with Crippen LogP contribution in [0.2, 0.25) is 0 Å². The summed E-state index contributed by atoms with van der Waals surface area (Å²) in [6, 6.07) is 16.5. The predicted molar refractivity (Wildman–Crippen MR) is 111 cm³/mol. The SMILES string of the molecule is COc1ccc(Cn2nncc2Cc2ccc(-c3ccccc3F)s2)c(OC)c1. The number of hydrogen-bond donors (Lipinski definition) is 0. The topological polar surface area (TPSA) is 49.2 Å². The maximum Gasteiger partial charge on any atom is 0.131 e. The average Bonchev–Trinajstić information content (AvgIpc) is 3.39. The molecular formula is C22H20FN3O2S. The summed E-state index contributed by atoms with van der Waals surface area (Å²) in [5.74, 6) is 1.27. The highest BCUT2D eigenvalue weighted by Crippen LogP contribution is 2.31. The van der Waals surface area contributed by atoms with Crippen molar-refractivity contribution in [2.45, 2.75) is 13.0 Å². The molecule has 0 amide bonds. The van der Waals surface area contributed by atoms with E-state index in [-0.39, 0.29) is 5.82 Å². The van der Waals surface area contributed by atoms with E-state index in [1.54, 1.807) is 43.9 Å². The lowest BCUT2D eigenvalue weighted by atomic mass is 10.1. The second kappa shape index (κ2) is 8.45. The highest BCUT2D eigenvalue weighted by Gasteiger charge is 2.13. The minimum Gasteiger partial charge on any atom is -0.497 e. The van der Waals surface area contributed by atoms with Crippen LogP contribution in [-0.4, -0.2) is 29.2 Å². The fourth-order valence-electron chi connectivity index (χ4n) is 3.15. The van der Waals surface area contributed by atoms with Crippen LogP contribution in [0.4, 0.5) is 4.39 Å². The maximum atomic E-state index is 14.1. The van der Waals surface area contributed by atoms with Gasteiger partial charge in [0.25, 0.3) is 0 Å². The summed E-state index contributed by atoms with van der Waals surface area (Å²) >= 11 is 1.58. The molecule has 4 rings (SSSR count). The first-order valence-corrected chi connectivity index (χ1v) is 9.91. The Labute approximate surface area is 172 Å². The molecule has 29 heavy (non-hydrogen) atoms. The van der Waals surface area contributed by atoms with Gasteiger partial charge in [-0.25, -0.2) is 9.07 Å². The van der Waals surface area contributed by atoms with Crippen LogP contribution in [0.25, 0.3) is 10.4 Å². The van der Waals surface area contributed by atoms with E-state index in [4.69, 9.17) is 9.47 Å². The molecule has 0 aliphatic heterocycles. The third kappa shape index (κ3) is 4.14. The van der Waals surface area contributed by atoms with Gasteiger partial charge in [-0.2, -0.15) is 0 Å². The third-order valence-electron chi connectivity index (χ3n) is 4.67. The zero-order chi connectivity index (χ0) is 20.2. The molecule has 0 saturated carbocycles. The van der Waals surface area contributed by atoms with Crippen molar-refractivity contribution in [1.29, 1.82) is 0 Å². The predicted octanol–water partition coefficient (Wildman–Crippen LogP) is 4.80. The summed E-state index contributed by atoms with van der Waals surface area (Å²) in [5.41, 5.74) is 2.58. The Morgan fingerprint density at radius 3 is 2.69 bits per heavy atom. The smallest absolute Gasteiger partial charge is 0.131 e. The van der Waals surface area contributed by atoms with Crippen molar-refractivity contribution in [3.05, 3.63) is 82.7 Å². The van der Waals surface area contributed by atoms with Crippen molar-refractivity contribution in [3.63, 3.8) is 0 Å². The minimum atomic E-state index is -0.209. The standard InChI is InChI=1S/C22H20FN3O2S/c1-27-17-8-7-15(21(12-17)28-2)14-26-16(13-24-25-26)11-18-9-10-22(29-18)19-5-3-4-6-20(19)23/h3-10,12-13H,11,14H2,1-2H3. The molecule has 2 aromatic heterocycles. The number of benzene rings is 2. The minimum absolute atomic E-state index is 0.209. The van der Waals surface area contributed by atoms with Crippen molar-refractivity contribution in [3.8, 4) is 21.9 Å². The van der Waals surface area contributed by atoms with E-state index in [0.29, 0.717) is 18.5 Å². The Hall–Kier alpha value is -3.19. The van der Waals surface area contributed by atoms with Crippen molar-refractivity contribution in [2.75, 3.05) is 14.2 Å². The first-order valence-electron chi connectivity index (χ1n) is 9.10. The van der Waals surface area contributed by atoms with Crippen LogP contribution >= 0.6 is 11.3 Å². The van der Waals surface area contributed by atoms with Crippen LogP contribution in [0.15, 0.2) is 60.8 Å². The van der Waals surface area contributed by atoms with E-state index in [9.17, 15) is 4.39 Å². The van der Waals surface area contributed by atoms with E-state index in [2.05, 4.69) is 10.3 Å². The molecule has 0 radical (unpaired) electrons. The maximum absolute atomic E-state index is 14.1. The third-order valence-corrected chi connectivity index (χ3v) is 5.79. The molecule has 0 bridgehead atoms. The van der Waals surface area contributed by atoms with Crippen LogP contribution in [0.1, 0.15) is 16.1 Å². The normalized spacial score (nSPS) is 10.9. The number of halogens is 1. The first kappa shape index (κ1) is 19.1. The Kier molecular flexibility index (Phi) is 5.57. The van der Waals surface area contributed by atoms with Gasteiger partial charge in [0.15, 0.2) is 0 Å². The summed E-state index contributed by atoms with van der Waals surface area (Å²) in [6.45, 7) is 0.536. The lowest BCUT2D eigenvalue weighted by Gasteiger charge is -2.11. The molecule has 0 aliphatic carbocycles. The second-order valence-corrected chi connectivity index (χ2v) is 7.65. The summed E-state index contributed by atoms with van der Waals surface area (Å²) < 4.78 is 26.6. The monoisotopic (exact) mass is 409 g/mol. The molecule has 5 nitrogen and oxygen atoms in total. The molecule has 7 heteroatoms. The number of rotatable bonds is 7.